The van der Waals surface area contributed by atoms with E-state index >= 15 is 0 Å². The maximum atomic E-state index is 12.0. The van der Waals surface area contributed by atoms with Crippen LogP contribution in [0.4, 0.5) is 4.79 Å². The third-order valence-electron chi connectivity index (χ3n) is 5.39. The van der Waals surface area contributed by atoms with Crippen molar-refractivity contribution < 1.29 is 19.4 Å². The first-order chi connectivity index (χ1) is 9.51. The Balaban J connectivity index is 1.75. The lowest BCUT2D eigenvalue weighted by Gasteiger charge is -2.65. The second-order valence-electron chi connectivity index (χ2n) is 6.65. The van der Waals surface area contributed by atoms with Gasteiger partial charge in [-0.1, -0.05) is 19.1 Å². The van der Waals surface area contributed by atoms with Gasteiger partial charge in [-0.15, -0.1) is 0 Å². The lowest BCUT2D eigenvalue weighted by molar-refractivity contribution is -0.199. The average molecular weight is 279 g/mol. The van der Waals surface area contributed by atoms with Gasteiger partial charge in [0.15, 0.2) is 0 Å². The average Bonchev–Trinajstić information content (AvgIpc) is 2.32. The van der Waals surface area contributed by atoms with Crippen LogP contribution in [0.3, 0.4) is 0 Å². The first-order valence-electron chi connectivity index (χ1n) is 7.27. The molecule has 4 aliphatic rings. The van der Waals surface area contributed by atoms with Crippen molar-refractivity contribution in [3.8, 4) is 0 Å². The molecule has 0 aromatic carbocycles. The van der Waals surface area contributed by atoms with E-state index < -0.39 is 17.5 Å². The molecule has 0 radical (unpaired) electrons. The van der Waals surface area contributed by atoms with Gasteiger partial charge in [-0.05, 0) is 37.0 Å². The predicted octanol–water partition coefficient (Wildman–Crippen LogP) is 2.28. The summed E-state index contributed by atoms with van der Waals surface area (Å²) < 4.78 is 5.08. The Morgan fingerprint density at radius 3 is 2.55 bits per heavy atom. The lowest BCUT2D eigenvalue weighted by atomic mass is 9.43. The van der Waals surface area contributed by atoms with E-state index in [1.807, 2.05) is 0 Å². The van der Waals surface area contributed by atoms with Crippen molar-refractivity contribution in [2.24, 2.45) is 16.7 Å². The molecule has 2 heterocycles. The van der Waals surface area contributed by atoms with Crippen molar-refractivity contribution in [1.29, 1.82) is 0 Å². The van der Waals surface area contributed by atoms with Gasteiger partial charge >= 0.3 is 12.1 Å². The minimum atomic E-state index is -0.770. The molecule has 5 heteroatoms. The third-order valence-corrected chi connectivity index (χ3v) is 5.39. The van der Waals surface area contributed by atoms with Gasteiger partial charge in [-0.3, -0.25) is 4.79 Å². The van der Waals surface area contributed by atoms with Gasteiger partial charge < -0.3 is 14.7 Å². The molecule has 2 aliphatic heterocycles. The highest BCUT2D eigenvalue weighted by molar-refractivity contribution is 5.79. The molecule has 1 N–H and O–H groups in total. The van der Waals surface area contributed by atoms with E-state index in [0.717, 1.165) is 12.8 Å². The molecule has 1 amide bonds. The Hall–Kier alpha value is -1.52. The number of ether oxygens (including phenoxy) is 1. The number of fused-ring (bicyclic) bond motifs is 2. The zero-order chi connectivity index (χ0) is 14.4. The standard InChI is InChI=1S/C15H21NO4/c1-2-6-20-13(19)16-9-14(11-4-3-5-11)7-15(8-14,10-16)12(17)18/h2,11H,1,3-10H2,(H,17,18). The minimum absolute atomic E-state index is 0.0299. The molecule has 5 nitrogen and oxygen atoms in total. The zero-order valence-corrected chi connectivity index (χ0v) is 11.6. The van der Waals surface area contributed by atoms with Gasteiger partial charge in [0.05, 0.1) is 5.41 Å². The highest BCUT2D eigenvalue weighted by Crippen LogP contribution is 2.65. The van der Waals surface area contributed by atoms with Gasteiger partial charge in [0.2, 0.25) is 0 Å². The number of rotatable bonds is 4. The summed E-state index contributed by atoms with van der Waals surface area (Å²) in [6.45, 7) is 4.63. The molecule has 4 fully saturated rings. The van der Waals surface area contributed by atoms with E-state index in [-0.39, 0.29) is 18.6 Å². The Morgan fingerprint density at radius 2 is 2.05 bits per heavy atom. The first kappa shape index (κ1) is 13.5. The van der Waals surface area contributed by atoms with Crippen LogP contribution < -0.4 is 0 Å². The molecule has 0 aromatic heterocycles. The Bertz CT molecular complexity index is 449. The third kappa shape index (κ3) is 1.83. The molecule has 2 aliphatic carbocycles. The summed E-state index contributed by atoms with van der Waals surface area (Å²) in [7, 11) is 0. The van der Waals surface area contributed by atoms with Crippen LogP contribution in [0.15, 0.2) is 12.7 Å². The lowest BCUT2D eigenvalue weighted by Crippen LogP contribution is -2.69. The summed E-state index contributed by atoms with van der Waals surface area (Å²) in [4.78, 5) is 25.2. The molecule has 0 atom stereocenters. The maximum Gasteiger partial charge on any atom is 0.410 e. The van der Waals surface area contributed by atoms with Gasteiger partial charge in [0, 0.05) is 13.1 Å². The molecule has 2 saturated heterocycles. The van der Waals surface area contributed by atoms with E-state index in [1.165, 1.54) is 25.3 Å². The number of carbonyl (C=O) groups is 2. The van der Waals surface area contributed by atoms with Gasteiger partial charge in [0.1, 0.15) is 6.61 Å². The topological polar surface area (TPSA) is 66.8 Å². The molecule has 0 spiro atoms. The Morgan fingerprint density at radius 1 is 1.35 bits per heavy atom. The number of carboxylic acid groups (broad SMARTS) is 1. The van der Waals surface area contributed by atoms with Gasteiger partial charge in [-0.2, -0.15) is 0 Å². The molecule has 4 rings (SSSR count). The Kier molecular flexibility index (Phi) is 3.03. The fourth-order valence-corrected chi connectivity index (χ4v) is 4.33. The first-order valence-corrected chi connectivity index (χ1v) is 7.27. The molecule has 2 saturated carbocycles. The number of nitrogens with zero attached hydrogens (tertiary/aromatic N) is 1. The molecular formula is C15H21NO4. The fraction of sp³-hybridized carbons (Fsp3) is 0.733. The van der Waals surface area contributed by atoms with Crippen LogP contribution in [0.25, 0.3) is 0 Å². The second kappa shape index (κ2) is 4.50. The van der Waals surface area contributed by atoms with E-state index in [2.05, 4.69) is 6.58 Å². The Labute approximate surface area is 118 Å². The smallest absolute Gasteiger partial charge is 0.410 e. The highest BCUT2D eigenvalue weighted by atomic mass is 16.6. The molecule has 2 bridgehead atoms. The van der Waals surface area contributed by atoms with E-state index in [0.29, 0.717) is 12.5 Å². The molecule has 110 valence electrons. The summed E-state index contributed by atoms with van der Waals surface area (Å²) in [6, 6.07) is 0. The van der Waals surface area contributed by atoms with Crippen LogP contribution >= 0.6 is 0 Å². The normalized spacial score (nSPS) is 35.7. The number of hydrogen-bond donors (Lipinski definition) is 1. The van der Waals surface area contributed by atoms with Crippen LogP contribution in [-0.4, -0.2) is 41.8 Å². The summed E-state index contributed by atoms with van der Waals surface area (Å²) >= 11 is 0. The predicted molar refractivity (Wildman–Crippen MR) is 72.2 cm³/mol. The molecule has 0 unspecified atom stereocenters. The summed E-state index contributed by atoms with van der Waals surface area (Å²) in [5.74, 6) is -0.182. The number of aliphatic carboxylic acids is 1. The number of carbonyl (C=O) groups excluding carboxylic acids is 1. The number of carboxylic acids is 1. The fourth-order valence-electron chi connectivity index (χ4n) is 4.33. The SMILES string of the molecule is C=CCOC(=O)N1CC2(C(=O)O)CC(C3CCC3)(C1)C2. The number of amides is 1. The second-order valence-corrected chi connectivity index (χ2v) is 6.65. The molecule has 0 aromatic rings. The van der Waals surface area contributed by atoms with Crippen molar-refractivity contribution in [1.82, 2.24) is 4.90 Å². The van der Waals surface area contributed by atoms with Crippen LogP contribution in [-0.2, 0) is 9.53 Å². The minimum Gasteiger partial charge on any atom is -0.481 e. The van der Waals surface area contributed by atoms with Crippen molar-refractivity contribution in [3.63, 3.8) is 0 Å². The van der Waals surface area contributed by atoms with Gasteiger partial charge in [0.25, 0.3) is 0 Å². The summed E-state index contributed by atoms with van der Waals surface area (Å²) in [5, 5.41) is 9.50. The van der Waals surface area contributed by atoms with Crippen molar-refractivity contribution in [2.45, 2.75) is 32.1 Å². The van der Waals surface area contributed by atoms with Crippen LogP contribution in [0.5, 0.6) is 0 Å². The van der Waals surface area contributed by atoms with Crippen molar-refractivity contribution >= 4 is 12.1 Å². The molecule has 20 heavy (non-hydrogen) atoms. The monoisotopic (exact) mass is 279 g/mol. The highest BCUT2D eigenvalue weighted by Gasteiger charge is 2.67. The summed E-state index contributed by atoms with van der Waals surface area (Å²) in [5.41, 5.74) is -0.705. The van der Waals surface area contributed by atoms with Gasteiger partial charge in [-0.25, -0.2) is 4.79 Å². The van der Waals surface area contributed by atoms with E-state index in [9.17, 15) is 14.7 Å². The van der Waals surface area contributed by atoms with E-state index in [1.54, 1.807) is 4.90 Å². The number of piperidine rings is 2. The maximum absolute atomic E-state index is 12.0. The zero-order valence-electron chi connectivity index (χ0n) is 11.6. The van der Waals surface area contributed by atoms with Crippen LogP contribution in [0, 0.1) is 16.7 Å². The van der Waals surface area contributed by atoms with Crippen LogP contribution in [0.2, 0.25) is 0 Å². The number of hydrogen-bond acceptors (Lipinski definition) is 3. The van der Waals surface area contributed by atoms with E-state index in [4.69, 9.17) is 4.74 Å². The molecular weight excluding hydrogens is 258 g/mol. The van der Waals surface area contributed by atoms with Crippen molar-refractivity contribution in [3.05, 3.63) is 12.7 Å². The summed E-state index contributed by atoms with van der Waals surface area (Å²) in [6.07, 6.45) is 6.15. The van der Waals surface area contributed by atoms with Crippen LogP contribution in [0.1, 0.15) is 32.1 Å². The quantitative estimate of drug-likeness (QED) is 0.802. The largest absolute Gasteiger partial charge is 0.481 e. The van der Waals surface area contributed by atoms with Crippen molar-refractivity contribution in [2.75, 3.05) is 19.7 Å².